The zero-order valence-electron chi connectivity index (χ0n) is 16.6. The van der Waals surface area contributed by atoms with E-state index in [-0.39, 0.29) is 12.4 Å². The first-order chi connectivity index (χ1) is 15.2. The molecule has 5 aromatic rings. The van der Waals surface area contributed by atoms with Crippen molar-refractivity contribution in [2.24, 2.45) is 0 Å². The summed E-state index contributed by atoms with van der Waals surface area (Å²) in [5.41, 5.74) is 2.77. The Morgan fingerprint density at radius 1 is 0.710 bits per heavy atom. The van der Waals surface area contributed by atoms with Gasteiger partial charge in [0.1, 0.15) is 11.3 Å². The van der Waals surface area contributed by atoms with Gasteiger partial charge in [-0.15, -0.1) is 0 Å². The Balaban J connectivity index is 1.34. The first kappa shape index (κ1) is 18.8. The standard InChI is InChI=1S/C27H18O4/c28-25(20-12-10-19(11-13-20)18-6-2-1-3-7-18)17-30-21-14-15-23-22-8-4-5-9-24(22)27(29)31-26(23)16-21/h1-16H,17H2. The molecule has 0 atom stereocenters. The molecule has 0 fully saturated rings. The molecule has 1 heterocycles. The van der Waals surface area contributed by atoms with E-state index >= 15 is 0 Å². The van der Waals surface area contributed by atoms with Crippen molar-refractivity contribution in [3.63, 3.8) is 0 Å². The molecular formula is C27H18O4. The van der Waals surface area contributed by atoms with Crippen LogP contribution in [0.15, 0.2) is 106 Å². The fourth-order valence-corrected chi connectivity index (χ4v) is 3.66. The molecule has 4 heteroatoms. The molecule has 0 saturated heterocycles. The summed E-state index contributed by atoms with van der Waals surface area (Å²) in [5.74, 6) is 0.347. The van der Waals surface area contributed by atoms with Gasteiger partial charge >= 0.3 is 5.63 Å². The number of benzene rings is 4. The number of hydrogen-bond donors (Lipinski definition) is 0. The molecule has 0 aliphatic heterocycles. The number of ketones is 1. The van der Waals surface area contributed by atoms with Gasteiger partial charge in [-0.25, -0.2) is 4.79 Å². The number of Topliss-reactive ketones (excluding diaryl/α,β-unsaturated/α-hetero) is 1. The molecule has 0 aliphatic carbocycles. The summed E-state index contributed by atoms with van der Waals surface area (Å²) in [4.78, 5) is 24.8. The highest BCUT2D eigenvalue weighted by Gasteiger charge is 2.10. The van der Waals surface area contributed by atoms with E-state index in [0.717, 1.165) is 21.9 Å². The summed E-state index contributed by atoms with van der Waals surface area (Å²) in [7, 11) is 0. The van der Waals surface area contributed by atoms with Gasteiger partial charge in [0.25, 0.3) is 0 Å². The Labute approximate surface area is 178 Å². The van der Waals surface area contributed by atoms with Crippen molar-refractivity contribution >= 4 is 27.5 Å². The van der Waals surface area contributed by atoms with Crippen LogP contribution in [-0.2, 0) is 0 Å². The minimum absolute atomic E-state index is 0.103. The van der Waals surface area contributed by atoms with Crippen molar-refractivity contribution in [3.05, 3.63) is 113 Å². The third kappa shape index (κ3) is 3.71. The predicted octanol–water partition coefficient (Wildman–Crippen LogP) is 5.87. The summed E-state index contributed by atoms with van der Waals surface area (Å²) < 4.78 is 11.1. The SMILES string of the molecule is O=C(COc1ccc2c(c1)oc(=O)c1ccccc12)c1ccc(-c2ccccc2)cc1. The average Bonchev–Trinajstić information content (AvgIpc) is 2.83. The Bertz CT molecular complexity index is 1450. The Morgan fingerprint density at radius 3 is 2.16 bits per heavy atom. The van der Waals surface area contributed by atoms with Crippen LogP contribution in [-0.4, -0.2) is 12.4 Å². The van der Waals surface area contributed by atoms with Crippen molar-refractivity contribution in [1.82, 2.24) is 0 Å². The van der Waals surface area contributed by atoms with Crippen molar-refractivity contribution in [3.8, 4) is 16.9 Å². The fraction of sp³-hybridized carbons (Fsp3) is 0.0370. The Hall–Kier alpha value is -4.18. The molecule has 31 heavy (non-hydrogen) atoms. The zero-order chi connectivity index (χ0) is 21.2. The van der Waals surface area contributed by atoms with Gasteiger partial charge < -0.3 is 9.15 Å². The molecule has 0 N–H and O–H groups in total. The van der Waals surface area contributed by atoms with E-state index in [1.54, 1.807) is 36.4 Å². The smallest absolute Gasteiger partial charge is 0.344 e. The maximum Gasteiger partial charge on any atom is 0.344 e. The second-order valence-corrected chi connectivity index (χ2v) is 7.25. The van der Waals surface area contributed by atoms with Gasteiger partial charge in [-0.3, -0.25) is 4.79 Å². The Morgan fingerprint density at radius 2 is 1.39 bits per heavy atom. The first-order valence-electron chi connectivity index (χ1n) is 9.96. The first-order valence-corrected chi connectivity index (χ1v) is 9.96. The summed E-state index contributed by atoms with van der Waals surface area (Å²) in [6.07, 6.45) is 0. The maximum absolute atomic E-state index is 12.6. The normalized spacial score (nSPS) is 11.0. The molecule has 0 spiro atoms. The summed E-state index contributed by atoms with van der Waals surface area (Å²) in [6.45, 7) is -0.103. The summed E-state index contributed by atoms with van der Waals surface area (Å²) in [5, 5.41) is 2.19. The van der Waals surface area contributed by atoms with E-state index in [2.05, 4.69) is 0 Å². The van der Waals surface area contributed by atoms with Gasteiger partial charge in [-0.1, -0.05) is 72.8 Å². The summed E-state index contributed by atoms with van der Waals surface area (Å²) in [6, 6.07) is 30.0. The number of ether oxygens (including phenoxy) is 1. The van der Waals surface area contributed by atoms with Crippen LogP contribution >= 0.6 is 0 Å². The number of fused-ring (bicyclic) bond motifs is 3. The van der Waals surface area contributed by atoms with Crippen LogP contribution in [0.2, 0.25) is 0 Å². The van der Waals surface area contributed by atoms with E-state index in [1.165, 1.54) is 0 Å². The number of rotatable bonds is 5. The molecule has 0 bridgehead atoms. The molecule has 0 saturated carbocycles. The van der Waals surface area contributed by atoms with Crippen LogP contribution in [0, 0.1) is 0 Å². The lowest BCUT2D eigenvalue weighted by Crippen LogP contribution is -2.11. The molecule has 0 amide bonds. The van der Waals surface area contributed by atoms with Gasteiger partial charge in [0.15, 0.2) is 12.4 Å². The van der Waals surface area contributed by atoms with Crippen LogP contribution in [0.4, 0.5) is 0 Å². The van der Waals surface area contributed by atoms with Crippen molar-refractivity contribution in [2.75, 3.05) is 6.61 Å². The lowest BCUT2D eigenvalue weighted by Gasteiger charge is -2.08. The van der Waals surface area contributed by atoms with Gasteiger partial charge in [-0.05, 0) is 34.7 Å². The highest BCUT2D eigenvalue weighted by Crippen LogP contribution is 2.26. The quantitative estimate of drug-likeness (QED) is 0.208. The molecule has 4 aromatic carbocycles. The average molecular weight is 406 g/mol. The monoisotopic (exact) mass is 406 g/mol. The van der Waals surface area contributed by atoms with Gasteiger partial charge in [0, 0.05) is 17.0 Å². The van der Waals surface area contributed by atoms with Gasteiger partial charge in [-0.2, -0.15) is 0 Å². The lowest BCUT2D eigenvalue weighted by molar-refractivity contribution is 0.0921. The molecule has 1 aromatic heterocycles. The highest BCUT2D eigenvalue weighted by molar-refractivity contribution is 6.04. The third-order valence-corrected chi connectivity index (χ3v) is 5.28. The molecule has 0 unspecified atom stereocenters. The second kappa shape index (κ2) is 7.92. The Kier molecular flexibility index (Phi) is 4.81. The van der Waals surface area contributed by atoms with Crippen LogP contribution in [0.25, 0.3) is 32.9 Å². The maximum atomic E-state index is 12.6. The molecule has 4 nitrogen and oxygen atoms in total. The lowest BCUT2D eigenvalue weighted by atomic mass is 10.0. The molecule has 0 radical (unpaired) electrons. The van der Waals surface area contributed by atoms with E-state index in [0.29, 0.717) is 22.3 Å². The third-order valence-electron chi connectivity index (χ3n) is 5.28. The van der Waals surface area contributed by atoms with E-state index in [4.69, 9.17) is 9.15 Å². The van der Waals surface area contributed by atoms with E-state index in [9.17, 15) is 9.59 Å². The predicted molar refractivity (Wildman–Crippen MR) is 122 cm³/mol. The largest absolute Gasteiger partial charge is 0.485 e. The van der Waals surface area contributed by atoms with Gasteiger partial charge in [0.05, 0.1) is 5.39 Å². The number of hydrogen-bond acceptors (Lipinski definition) is 4. The van der Waals surface area contributed by atoms with Crippen molar-refractivity contribution in [2.45, 2.75) is 0 Å². The van der Waals surface area contributed by atoms with Crippen LogP contribution in [0.5, 0.6) is 5.75 Å². The molecule has 5 rings (SSSR count). The zero-order valence-corrected chi connectivity index (χ0v) is 16.6. The fourth-order valence-electron chi connectivity index (χ4n) is 3.66. The van der Waals surface area contributed by atoms with Crippen LogP contribution in [0.1, 0.15) is 10.4 Å². The molecular weight excluding hydrogens is 388 g/mol. The molecule has 0 aliphatic rings. The highest BCUT2D eigenvalue weighted by atomic mass is 16.5. The van der Waals surface area contributed by atoms with E-state index in [1.807, 2.05) is 60.7 Å². The molecule has 150 valence electrons. The minimum atomic E-state index is -0.394. The van der Waals surface area contributed by atoms with Crippen LogP contribution < -0.4 is 10.4 Å². The van der Waals surface area contributed by atoms with Crippen molar-refractivity contribution < 1.29 is 13.9 Å². The van der Waals surface area contributed by atoms with Crippen LogP contribution in [0.3, 0.4) is 0 Å². The minimum Gasteiger partial charge on any atom is -0.485 e. The van der Waals surface area contributed by atoms with E-state index < -0.39 is 5.63 Å². The van der Waals surface area contributed by atoms with Crippen molar-refractivity contribution in [1.29, 1.82) is 0 Å². The number of carbonyl (C=O) groups excluding carboxylic acids is 1. The summed E-state index contributed by atoms with van der Waals surface area (Å²) >= 11 is 0. The van der Waals surface area contributed by atoms with Gasteiger partial charge in [0.2, 0.25) is 0 Å². The topological polar surface area (TPSA) is 56.5 Å². The second-order valence-electron chi connectivity index (χ2n) is 7.25. The number of carbonyl (C=O) groups is 1.